The molecular weight excluding hydrogens is 296 g/mol. The third-order valence-electron chi connectivity index (χ3n) is 3.85. The molecule has 5 nitrogen and oxygen atoms in total. The molecule has 0 unspecified atom stereocenters. The average molecular weight is 324 g/mol. The highest BCUT2D eigenvalue weighted by atomic mass is 16.7. The van der Waals surface area contributed by atoms with Crippen LogP contribution in [0.4, 0.5) is 0 Å². The minimum Gasteiger partial charge on any atom is -0.393 e. The van der Waals surface area contributed by atoms with Crippen LogP contribution in [0.1, 0.15) is 38.7 Å². The predicted molar refractivity (Wildman–Crippen MR) is 86.9 cm³/mol. The van der Waals surface area contributed by atoms with E-state index in [-0.39, 0.29) is 6.10 Å². The maximum absolute atomic E-state index is 10.0. The van der Waals surface area contributed by atoms with Gasteiger partial charge in [-0.3, -0.25) is 0 Å². The average Bonchev–Trinajstić information content (AvgIpc) is 2.83. The molecular formula is C18H28O5. The van der Waals surface area contributed by atoms with E-state index < -0.39 is 18.0 Å². The van der Waals surface area contributed by atoms with Crippen LogP contribution in [-0.4, -0.2) is 47.5 Å². The number of rotatable bonds is 9. The summed E-state index contributed by atoms with van der Waals surface area (Å²) in [6.07, 6.45) is 0.0388. The summed E-state index contributed by atoms with van der Waals surface area (Å²) in [6.45, 7) is 5.22. The van der Waals surface area contributed by atoms with Gasteiger partial charge < -0.3 is 24.4 Å². The molecule has 0 bridgehead atoms. The Hall–Kier alpha value is -0.980. The predicted octanol–water partition coefficient (Wildman–Crippen LogP) is 2.25. The van der Waals surface area contributed by atoms with Crippen LogP contribution in [0.15, 0.2) is 30.3 Å². The Labute approximate surface area is 138 Å². The highest BCUT2D eigenvalue weighted by Crippen LogP contribution is 2.25. The maximum Gasteiger partial charge on any atom is 0.163 e. The van der Waals surface area contributed by atoms with Gasteiger partial charge in [-0.2, -0.15) is 0 Å². The molecule has 3 atom stereocenters. The van der Waals surface area contributed by atoms with Crippen LogP contribution in [0.2, 0.25) is 0 Å². The maximum atomic E-state index is 10.0. The van der Waals surface area contributed by atoms with Crippen LogP contribution in [-0.2, 0) is 20.8 Å². The summed E-state index contributed by atoms with van der Waals surface area (Å²) in [7, 11) is 0. The summed E-state index contributed by atoms with van der Waals surface area (Å²) < 4.78 is 16.7. The minimum atomic E-state index is -0.596. The first-order chi connectivity index (χ1) is 10.9. The summed E-state index contributed by atoms with van der Waals surface area (Å²) in [4.78, 5) is 0. The summed E-state index contributed by atoms with van der Waals surface area (Å²) in [6, 6.07) is 9.92. The Bertz CT molecular complexity index is 448. The van der Waals surface area contributed by atoms with Gasteiger partial charge >= 0.3 is 0 Å². The number of hydrogen-bond donors (Lipinski definition) is 2. The summed E-state index contributed by atoms with van der Waals surface area (Å²) in [5, 5.41) is 20.0. The molecule has 1 saturated heterocycles. The smallest absolute Gasteiger partial charge is 0.163 e. The molecule has 1 aromatic rings. The lowest BCUT2D eigenvalue weighted by molar-refractivity contribution is -0.141. The molecule has 1 aliphatic rings. The van der Waals surface area contributed by atoms with Gasteiger partial charge in [-0.05, 0) is 32.3 Å². The fraction of sp³-hybridized carbons (Fsp3) is 0.667. The number of benzene rings is 1. The van der Waals surface area contributed by atoms with E-state index in [1.54, 1.807) is 0 Å². The second kappa shape index (κ2) is 8.76. The van der Waals surface area contributed by atoms with Gasteiger partial charge in [-0.1, -0.05) is 30.3 Å². The monoisotopic (exact) mass is 324 g/mol. The number of hydrogen-bond acceptors (Lipinski definition) is 5. The van der Waals surface area contributed by atoms with Crippen LogP contribution < -0.4 is 0 Å². The molecule has 1 heterocycles. The van der Waals surface area contributed by atoms with Crippen molar-refractivity contribution in [1.29, 1.82) is 0 Å². The van der Waals surface area contributed by atoms with Gasteiger partial charge in [0, 0.05) is 13.0 Å². The van der Waals surface area contributed by atoms with Gasteiger partial charge in [0.1, 0.15) is 0 Å². The van der Waals surface area contributed by atoms with Crippen LogP contribution in [0.5, 0.6) is 0 Å². The molecule has 2 rings (SSSR count). The van der Waals surface area contributed by atoms with Crippen molar-refractivity contribution in [2.45, 2.75) is 63.8 Å². The standard InChI is InChI=1S/C18H28O5/c1-18(2)22-13-17(23-18)11-16(20)10-15(19)8-9-21-12-14-6-4-3-5-7-14/h3-7,15-17,19-20H,8-13H2,1-2H3/t15-,16+,17-/m0/s1. The van der Waals surface area contributed by atoms with Crippen LogP contribution in [0.25, 0.3) is 0 Å². The topological polar surface area (TPSA) is 68.2 Å². The van der Waals surface area contributed by atoms with Crippen molar-refractivity contribution in [1.82, 2.24) is 0 Å². The number of aliphatic hydroxyl groups excluding tert-OH is 2. The normalized spacial score (nSPS) is 22.9. The van der Waals surface area contributed by atoms with E-state index in [4.69, 9.17) is 14.2 Å². The minimum absolute atomic E-state index is 0.110. The lowest BCUT2D eigenvalue weighted by Crippen LogP contribution is -2.26. The second-order valence-corrected chi connectivity index (χ2v) is 6.56. The molecule has 1 aliphatic heterocycles. The molecule has 0 saturated carbocycles. The highest BCUT2D eigenvalue weighted by Gasteiger charge is 2.33. The summed E-state index contributed by atoms with van der Waals surface area (Å²) in [5.41, 5.74) is 1.11. The van der Waals surface area contributed by atoms with Gasteiger partial charge in [0.15, 0.2) is 5.79 Å². The fourth-order valence-electron chi connectivity index (χ4n) is 2.69. The zero-order chi connectivity index (χ0) is 16.7. The molecule has 0 amide bonds. The number of ether oxygens (including phenoxy) is 3. The Balaban J connectivity index is 1.56. The second-order valence-electron chi connectivity index (χ2n) is 6.56. The number of aliphatic hydroxyl groups is 2. The van der Waals surface area contributed by atoms with Gasteiger partial charge in [-0.25, -0.2) is 0 Å². The zero-order valence-corrected chi connectivity index (χ0v) is 14.0. The van der Waals surface area contributed by atoms with Gasteiger partial charge in [0.2, 0.25) is 0 Å². The van der Waals surface area contributed by atoms with E-state index in [1.807, 2.05) is 44.2 Å². The van der Waals surface area contributed by atoms with Crippen LogP contribution in [0, 0.1) is 0 Å². The lowest BCUT2D eigenvalue weighted by atomic mass is 10.0. The van der Waals surface area contributed by atoms with Crippen molar-refractivity contribution in [2.24, 2.45) is 0 Å². The van der Waals surface area contributed by atoms with Gasteiger partial charge in [0.25, 0.3) is 0 Å². The first-order valence-corrected chi connectivity index (χ1v) is 8.24. The molecule has 5 heteroatoms. The van der Waals surface area contributed by atoms with Crippen molar-refractivity contribution in [2.75, 3.05) is 13.2 Å². The van der Waals surface area contributed by atoms with Crippen molar-refractivity contribution >= 4 is 0 Å². The largest absolute Gasteiger partial charge is 0.393 e. The molecule has 1 aromatic carbocycles. The van der Waals surface area contributed by atoms with E-state index in [0.717, 1.165) is 5.56 Å². The van der Waals surface area contributed by atoms with Crippen LogP contribution in [0.3, 0.4) is 0 Å². The molecule has 130 valence electrons. The Morgan fingerprint density at radius 3 is 2.61 bits per heavy atom. The van der Waals surface area contributed by atoms with Crippen LogP contribution >= 0.6 is 0 Å². The van der Waals surface area contributed by atoms with E-state index in [2.05, 4.69) is 0 Å². The fourth-order valence-corrected chi connectivity index (χ4v) is 2.69. The molecule has 0 aliphatic carbocycles. The van der Waals surface area contributed by atoms with Crippen molar-refractivity contribution in [3.05, 3.63) is 35.9 Å². The summed E-state index contributed by atoms with van der Waals surface area (Å²) in [5.74, 6) is -0.575. The third kappa shape index (κ3) is 6.97. The molecule has 1 fully saturated rings. The quantitative estimate of drug-likeness (QED) is 0.682. The molecule has 0 radical (unpaired) electrons. The third-order valence-corrected chi connectivity index (χ3v) is 3.85. The Kier molecular flexibility index (Phi) is 6.99. The van der Waals surface area contributed by atoms with Crippen molar-refractivity contribution in [3.63, 3.8) is 0 Å². The van der Waals surface area contributed by atoms with E-state index in [0.29, 0.717) is 39.1 Å². The Morgan fingerprint density at radius 1 is 1.22 bits per heavy atom. The SMILES string of the molecule is CC1(C)OC[C@H](C[C@H](O)C[C@@H](O)CCOCc2ccccc2)O1. The zero-order valence-electron chi connectivity index (χ0n) is 14.0. The van der Waals surface area contributed by atoms with E-state index >= 15 is 0 Å². The first kappa shape index (κ1) is 18.4. The van der Waals surface area contributed by atoms with E-state index in [1.165, 1.54) is 0 Å². The molecule has 23 heavy (non-hydrogen) atoms. The van der Waals surface area contributed by atoms with Crippen molar-refractivity contribution in [3.8, 4) is 0 Å². The Morgan fingerprint density at radius 2 is 1.96 bits per heavy atom. The van der Waals surface area contributed by atoms with Crippen molar-refractivity contribution < 1.29 is 24.4 Å². The highest BCUT2D eigenvalue weighted by molar-refractivity contribution is 5.13. The molecule has 0 spiro atoms. The van der Waals surface area contributed by atoms with E-state index in [9.17, 15) is 10.2 Å². The van der Waals surface area contributed by atoms with Gasteiger partial charge in [0.05, 0.1) is 31.5 Å². The first-order valence-electron chi connectivity index (χ1n) is 8.24. The summed E-state index contributed by atoms with van der Waals surface area (Å²) >= 11 is 0. The molecule has 0 aromatic heterocycles. The molecule has 2 N–H and O–H groups in total. The lowest BCUT2D eigenvalue weighted by Gasteiger charge is -2.20. The van der Waals surface area contributed by atoms with Gasteiger partial charge in [-0.15, -0.1) is 0 Å².